The maximum atomic E-state index is 13.6. The number of benzene rings is 2. The number of ether oxygens (including phenoxy) is 1. The number of nitrogens with zero attached hydrogens (tertiary/aromatic N) is 5. The summed E-state index contributed by atoms with van der Waals surface area (Å²) < 4.78 is 7.37. The number of hydrogen-bond donors (Lipinski definition) is 0. The van der Waals surface area contributed by atoms with Gasteiger partial charge in [0.05, 0.1) is 18.6 Å². The average molecular weight is 586 g/mol. The number of pyridine rings is 1. The van der Waals surface area contributed by atoms with Crippen LogP contribution in [0.3, 0.4) is 0 Å². The normalized spacial score (nSPS) is 16.4. The number of carbonyl (C=O) groups excluding carboxylic acids is 1. The number of thiocarbonyl (C=S) groups is 1. The van der Waals surface area contributed by atoms with Crippen molar-refractivity contribution in [3.63, 3.8) is 0 Å². The van der Waals surface area contributed by atoms with Gasteiger partial charge in [0.2, 0.25) is 0 Å². The van der Waals surface area contributed by atoms with Crippen LogP contribution < -0.4 is 20.1 Å². The molecular weight excluding hydrogens is 555 g/mol. The lowest BCUT2D eigenvalue weighted by molar-refractivity contribution is -0.122. The van der Waals surface area contributed by atoms with Crippen LogP contribution in [-0.2, 0) is 17.9 Å². The molecule has 5 rings (SSSR count). The average Bonchev–Trinajstić information content (AvgIpc) is 3.26. The molecule has 0 spiro atoms. The molecule has 2 fully saturated rings. The first-order valence-corrected chi connectivity index (χ1v) is 14.7. The molecule has 0 saturated carbocycles. The number of hydrogen-bond acceptors (Lipinski definition) is 8. The summed E-state index contributed by atoms with van der Waals surface area (Å²) in [6.07, 6.45) is 1.81. The number of amides is 1. The van der Waals surface area contributed by atoms with Crippen LogP contribution in [0, 0.1) is 18.3 Å². The van der Waals surface area contributed by atoms with Crippen LogP contribution in [0.5, 0.6) is 5.75 Å². The second kappa shape index (κ2) is 12.2. The number of para-hydroxylation sites is 1. The minimum atomic E-state index is -0.308. The molecule has 41 heavy (non-hydrogen) atoms. The Kier molecular flexibility index (Phi) is 8.47. The van der Waals surface area contributed by atoms with E-state index in [-0.39, 0.29) is 17.0 Å². The van der Waals surface area contributed by atoms with Crippen molar-refractivity contribution in [1.29, 1.82) is 5.26 Å². The summed E-state index contributed by atoms with van der Waals surface area (Å²) in [6.45, 7) is 7.39. The molecule has 3 aromatic rings. The molecule has 2 aliphatic rings. The van der Waals surface area contributed by atoms with Crippen LogP contribution in [0.2, 0.25) is 0 Å². The van der Waals surface area contributed by atoms with Gasteiger partial charge in [-0.1, -0.05) is 54.3 Å². The SMILES string of the molecule is CCn1c(N2CCN(c3ccccc3)CC2)c(/C=C2/SC(=S)N(Cc3ccc(OC)cc3)C2=O)c(C)c(C#N)c1=O. The van der Waals surface area contributed by atoms with Crippen LogP contribution in [0.4, 0.5) is 11.5 Å². The van der Waals surface area contributed by atoms with Crippen LogP contribution in [0.15, 0.2) is 64.3 Å². The summed E-state index contributed by atoms with van der Waals surface area (Å²) in [5.74, 6) is 1.29. The smallest absolute Gasteiger partial charge is 0.270 e. The third-order valence-corrected chi connectivity index (χ3v) is 8.89. The molecule has 0 aliphatic carbocycles. The Balaban J connectivity index is 1.50. The Morgan fingerprint density at radius 3 is 2.29 bits per heavy atom. The van der Waals surface area contributed by atoms with Gasteiger partial charge in [-0.2, -0.15) is 5.26 Å². The van der Waals surface area contributed by atoms with Crippen molar-refractivity contribution in [3.05, 3.63) is 92.1 Å². The molecule has 0 bridgehead atoms. The van der Waals surface area contributed by atoms with Crippen molar-refractivity contribution >= 4 is 51.8 Å². The molecule has 1 amide bonds. The fourth-order valence-corrected chi connectivity index (χ4v) is 6.51. The molecule has 2 aromatic carbocycles. The fraction of sp³-hybridized carbons (Fsp3) is 0.290. The summed E-state index contributed by atoms with van der Waals surface area (Å²) in [7, 11) is 1.61. The largest absolute Gasteiger partial charge is 0.497 e. The van der Waals surface area contributed by atoms with Gasteiger partial charge in [0.1, 0.15) is 27.5 Å². The highest BCUT2D eigenvalue weighted by Gasteiger charge is 2.33. The first kappa shape index (κ1) is 28.5. The van der Waals surface area contributed by atoms with Crippen molar-refractivity contribution in [3.8, 4) is 11.8 Å². The first-order chi connectivity index (χ1) is 19.9. The van der Waals surface area contributed by atoms with Crippen molar-refractivity contribution in [2.24, 2.45) is 0 Å². The van der Waals surface area contributed by atoms with Crippen LogP contribution >= 0.6 is 24.0 Å². The van der Waals surface area contributed by atoms with E-state index >= 15 is 0 Å². The van der Waals surface area contributed by atoms with E-state index in [1.165, 1.54) is 11.8 Å². The zero-order valence-corrected chi connectivity index (χ0v) is 24.9. The maximum absolute atomic E-state index is 13.6. The molecule has 2 saturated heterocycles. The molecule has 8 nitrogen and oxygen atoms in total. The summed E-state index contributed by atoms with van der Waals surface area (Å²) in [5, 5.41) is 9.89. The lowest BCUT2D eigenvalue weighted by Gasteiger charge is -2.39. The number of nitriles is 1. The van der Waals surface area contributed by atoms with Crippen molar-refractivity contribution in [2.45, 2.75) is 26.9 Å². The Hall–Kier alpha value is -4.07. The number of anilines is 2. The number of rotatable bonds is 7. The van der Waals surface area contributed by atoms with Gasteiger partial charge in [0.25, 0.3) is 11.5 Å². The number of carbonyl (C=O) groups is 1. The lowest BCUT2D eigenvalue weighted by Crippen LogP contribution is -2.48. The van der Waals surface area contributed by atoms with Gasteiger partial charge in [0, 0.05) is 44.0 Å². The summed E-state index contributed by atoms with van der Waals surface area (Å²) in [4.78, 5) is 33.6. The predicted molar refractivity (Wildman–Crippen MR) is 168 cm³/mol. The number of aromatic nitrogens is 1. The molecule has 10 heteroatoms. The van der Waals surface area contributed by atoms with Crippen molar-refractivity contribution in [2.75, 3.05) is 43.1 Å². The highest BCUT2D eigenvalue weighted by Crippen LogP contribution is 2.37. The van der Waals surface area contributed by atoms with Gasteiger partial charge in [-0.15, -0.1) is 0 Å². The molecule has 0 N–H and O–H groups in total. The zero-order chi connectivity index (χ0) is 29.1. The Morgan fingerprint density at radius 1 is 1.02 bits per heavy atom. The summed E-state index contributed by atoms with van der Waals surface area (Å²) >= 11 is 6.85. The molecular formula is C31H31N5O3S2. The third-order valence-electron chi connectivity index (χ3n) is 7.51. The third kappa shape index (κ3) is 5.60. The topological polar surface area (TPSA) is 81.8 Å². The number of piperazine rings is 1. The molecule has 3 heterocycles. The lowest BCUT2D eigenvalue weighted by atomic mass is 10.0. The molecule has 210 valence electrons. The van der Waals surface area contributed by atoms with Gasteiger partial charge >= 0.3 is 0 Å². The molecule has 0 radical (unpaired) electrons. The van der Waals surface area contributed by atoms with Gasteiger partial charge in [-0.3, -0.25) is 19.1 Å². The number of thioether (sulfide) groups is 1. The van der Waals surface area contributed by atoms with E-state index in [9.17, 15) is 14.9 Å². The highest BCUT2D eigenvalue weighted by atomic mass is 32.2. The van der Waals surface area contributed by atoms with E-state index in [4.69, 9.17) is 17.0 Å². The van der Waals surface area contributed by atoms with Crippen LogP contribution in [-0.4, -0.2) is 53.0 Å². The van der Waals surface area contributed by atoms with Gasteiger partial charge in [-0.25, -0.2) is 0 Å². The summed E-state index contributed by atoms with van der Waals surface area (Å²) in [6, 6.07) is 19.9. The van der Waals surface area contributed by atoms with E-state index in [1.807, 2.05) is 55.5 Å². The van der Waals surface area contributed by atoms with E-state index in [1.54, 1.807) is 23.5 Å². The van der Waals surface area contributed by atoms with Crippen LogP contribution in [0.1, 0.15) is 29.2 Å². The standard InChI is InChI=1S/C31H31N5O3S2/c1-4-35-28(34-16-14-33(15-17-34)23-8-6-5-7-9-23)25(21(2)26(19-32)29(35)37)18-27-30(38)36(31(40)41-27)20-22-10-12-24(39-3)13-11-22/h5-13,18H,4,14-17,20H2,1-3H3/b27-18+. The van der Waals surface area contributed by atoms with Gasteiger partial charge in [0.15, 0.2) is 0 Å². The monoisotopic (exact) mass is 585 g/mol. The minimum Gasteiger partial charge on any atom is -0.497 e. The van der Waals surface area contributed by atoms with E-state index in [2.05, 4.69) is 28.0 Å². The predicted octanol–water partition coefficient (Wildman–Crippen LogP) is 4.78. The Labute approximate surface area is 249 Å². The van der Waals surface area contributed by atoms with E-state index < -0.39 is 0 Å². The second-order valence-corrected chi connectivity index (χ2v) is 11.5. The molecule has 1 aromatic heterocycles. The minimum absolute atomic E-state index is 0.0958. The van der Waals surface area contributed by atoms with E-state index in [0.717, 1.165) is 35.9 Å². The van der Waals surface area contributed by atoms with E-state index in [0.29, 0.717) is 46.5 Å². The molecule has 2 aliphatic heterocycles. The maximum Gasteiger partial charge on any atom is 0.270 e. The van der Waals surface area contributed by atoms with Crippen molar-refractivity contribution < 1.29 is 9.53 Å². The zero-order valence-electron chi connectivity index (χ0n) is 23.3. The fourth-order valence-electron chi connectivity index (χ4n) is 5.27. The van der Waals surface area contributed by atoms with Gasteiger partial charge < -0.3 is 14.5 Å². The Morgan fingerprint density at radius 2 is 1.68 bits per heavy atom. The first-order valence-electron chi connectivity index (χ1n) is 13.5. The molecule has 0 atom stereocenters. The quantitative estimate of drug-likeness (QED) is 0.289. The van der Waals surface area contributed by atoms with Crippen LogP contribution in [0.25, 0.3) is 6.08 Å². The Bertz CT molecular complexity index is 1600. The highest BCUT2D eigenvalue weighted by molar-refractivity contribution is 8.26. The second-order valence-electron chi connectivity index (χ2n) is 9.82. The van der Waals surface area contributed by atoms with Gasteiger partial charge in [-0.05, 0) is 55.3 Å². The number of methoxy groups -OCH3 is 1. The van der Waals surface area contributed by atoms with Crippen molar-refractivity contribution in [1.82, 2.24) is 9.47 Å². The molecule has 0 unspecified atom stereocenters. The summed E-state index contributed by atoms with van der Waals surface area (Å²) in [5.41, 5.74) is 3.17.